The van der Waals surface area contributed by atoms with Crippen LogP contribution in [0.3, 0.4) is 0 Å². The molecule has 2 saturated heterocycles. The van der Waals surface area contributed by atoms with Crippen LogP contribution in [0, 0.1) is 6.92 Å². The van der Waals surface area contributed by atoms with E-state index in [1.807, 2.05) is 19.1 Å². The average molecular weight is 364 g/mol. The normalized spacial score (nSPS) is 25.9. The Balaban J connectivity index is 1.58. The first-order valence-electron chi connectivity index (χ1n) is 8.23. The third kappa shape index (κ3) is 3.09. The number of nitrogens with one attached hydrogen (secondary N) is 1. The number of sulfone groups is 1. The van der Waals surface area contributed by atoms with Gasteiger partial charge in [0.25, 0.3) is 5.91 Å². The molecule has 4 rings (SSSR count). The van der Waals surface area contributed by atoms with Gasteiger partial charge in [0.05, 0.1) is 24.1 Å². The number of carbonyl (C=O) groups excluding carboxylic acids is 1. The zero-order valence-corrected chi connectivity index (χ0v) is 14.7. The highest BCUT2D eigenvalue weighted by Gasteiger charge is 2.48. The number of aromatic amines is 1. The Kier molecular flexibility index (Phi) is 3.92. The van der Waals surface area contributed by atoms with Crippen LogP contribution in [-0.2, 0) is 16.4 Å². The van der Waals surface area contributed by atoms with E-state index in [0.29, 0.717) is 25.3 Å². The van der Waals surface area contributed by atoms with Gasteiger partial charge in [0.15, 0.2) is 9.84 Å². The molecule has 2 aliphatic heterocycles. The SMILES string of the molecule is Cc1ccc(CN2CCN(C(=O)c3ccn[nH]3)[C@H]3CS(=O)(=O)C[C@H]32)o1. The molecule has 0 aliphatic carbocycles. The molecule has 8 nitrogen and oxygen atoms in total. The fourth-order valence-corrected chi connectivity index (χ4v) is 5.79. The number of rotatable bonds is 3. The lowest BCUT2D eigenvalue weighted by molar-refractivity contribution is 0.0280. The Bertz CT molecular complexity index is 874. The molecule has 2 aliphatic rings. The number of hydrogen-bond donors (Lipinski definition) is 1. The monoisotopic (exact) mass is 364 g/mol. The van der Waals surface area contributed by atoms with E-state index >= 15 is 0 Å². The zero-order valence-electron chi connectivity index (χ0n) is 13.9. The van der Waals surface area contributed by atoms with Crippen molar-refractivity contribution in [3.05, 3.63) is 41.6 Å². The number of carbonyl (C=O) groups is 1. The minimum absolute atomic E-state index is 0.00518. The van der Waals surface area contributed by atoms with E-state index in [1.165, 1.54) is 6.20 Å². The lowest BCUT2D eigenvalue weighted by Gasteiger charge is -2.43. The molecule has 2 aromatic rings. The van der Waals surface area contributed by atoms with E-state index in [1.54, 1.807) is 11.0 Å². The van der Waals surface area contributed by atoms with Crippen molar-refractivity contribution in [2.45, 2.75) is 25.6 Å². The topological polar surface area (TPSA) is 99.5 Å². The summed E-state index contributed by atoms with van der Waals surface area (Å²) in [4.78, 5) is 16.5. The molecule has 25 heavy (non-hydrogen) atoms. The van der Waals surface area contributed by atoms with Crippen molar-refractivity contribution >= 4 is 15.7 Å². The maximum Gasteiger partial charge on any atom is 0.272 e. The van der Waals surface area contributed by atoms with Gasteiger partial charge in [-0.05, 0) is 25.1 Å². The highest BCUT2D eigenvalue weighted by Crippen LogP contribution is 2.29. The third-order valence-electron chi connectivity index (χ3n) is 4.94. The van der Waals surface area contributed by atoms with Gasteiger partial charge in [0.2, 0.25) is 0 Å². The van der Waals surface area contributed by atoms with Crippen molar-refractivity contribution < 1.29 is 17.6 Å². The van der Waals surface area contributed by atoms with Gasteiger partial charge in [-0.3, -0.25) is 14.8 Å². The second-order valence-corrected chi connectivity index (χ2v) is 8.82. The number of hydrogen-bond acceptors (Lipinski definition) is 6. The second kappa shape index (κ2) is 5.99. The van der Waals surface area contributed by atoms with E-state index in [-0.39, 0.29) is 29.5 Å². The van der Waals surface area contributed by atoms with Crippen LogP contribution < -0.4 is 0 Å². The van der Waals surface area contributed by atoms with Gasteiger partial charge in [-0.1, -0.05) is 0 Å². The zero-order chi connectivity index (χ0) is 17.6. The second-order valence-electron chi connectivity index (χ2n) is 6.66. The summed E-state index contributed by atoms with van der Waals surface area (Å²) in [7, 11) is -3.18. The number of H-pyrrole nitrogens is 1. The van der Waals surface area contributed by atoms with Crippen LogP contribution in [0.5, 0.6) is 0 Å². The van der Waals surface area contributed by atoms with Gasteiger partial charge in [-0.15, -0.1) is 0 Å². The Labute approximate surface area is 145 Å². The van der Waals surface area contributed by atoms with Crippen LogP contribution in [0.15, 0.2) is 28.8 Å². The smallest absolute Gasteiger partial charge is 0.272 e. The number of aromatic nitrogens is 2. The molecule has 134 valence electrons. The van der Waals surface area contributed by atoms with E-state index in [0.717, 1.165) is 11.5 Å². The number of aryl methyl sites for hydroxylation is 1. The number of nitrogens with zero attached hydrogens (tertiary/aromatic N) is 3. The van der Waals surface area contributed by atoms with Crippen LogP contribution in [0.2, 0.25) is 0 Å². The molecule has 0 aromatic carbocycles. The largest absolute Gasteiger partial charge is 0.465 e. The summed E-state index contributed by atoms with van der Waals surface area (Å²) in [6, 6.07) is 4.87. The van der Waals surface area contributed by atoms with E-state index < -0.39 is 9.84 Å². The molecule has 1 N–H and O–H groups in total. The molecule has 0 bridgehead atoms. The summed E-state index contributed by atoms with van der Waals surface area (Å²) in [6.07, 6.45) is 1.52. The van der Waals surface area contributed by atoms with Crippen LogP contribution >= 0.6 is 0 Å². The van der Waals surface area contributed by atoms with Crippen molar-refractivity contribution in [2.75, 3.05) is 24.6 Å². The minimum atomic E-state index is -3.18. The molecule has 2 atom stereocenters. The van der Waals surface area contributed by atoms with Gasteiger partial charge >= 0.3 is 0 Å². The fourth-order valence-electron chi connectivity index (χ4n) is 3.77. The quantitative estimate of drug-likeness (QED) is 0.848. The Hall–Kier alpha value is -2.13. The molecule has 0 radical (unpaired) electrons. The molecule has 4 heterocycles. The standard InChI is InChI=1S/C16H20N4O4S/c1-11-2-3-12(24-11)8-19-6-7-20(16(21)13-4-5-17-18-13)15-10-25(22,23)9-14(15)19/h2-5,14-15H,6-10H2,1H3,(H,17,18)/t14-,15+/m1/s1. The van der Waals surface area contributed by atoms with E-state index in [9.17, 15) is 13.2 Å². The summed E-state index contributed by atoms with van der Waals surface area (Å²) >= 11 is 0. The maximum atomic E-state index is 12.7. The van der Waals surface area contributed by atoms with Gasteiger partial charge in [-0.2, -0.15) is 5.10 Å². The fraction of sp³-hybridized carbons (Fsp3) is 0.500. The molecule has 2 aromatic heterocycles. The molecule has 0 saturated carbocycles. The highest BCUT2D eigenvalue weighted by molar-refractivity contribution is 7.91. The van der Waals surface area contributed by atoms with Crippen molar-refractivity contribution in [2.24, 2.45) is 0 Å². The summed E-state index contributed by atoms with van der Waals surface area (Å²) in [6.45, 7) is 3.52. The van der Waals surface area contributed by atoms with Gasteiger partial charge < -0.3 is 9.32 Å². The van der Waals surface area contributed by atoms with E-state index in [4.69, 9.17) is 4.42 Å². The average Bonchev–Trinajstić information content (AvgIpc) is 3.26. The van der Waals surface area contributed by atoms with Crippen LogP contribution in [0.25, 0.3) is 0 Å². The predicted molar refractivity (Wildman–Crippen MR) is 89.7 cm³/mol. The van der Waals surface area contributed by atoms with Gasteiger partial charge in [-0.25, -0.2) is 8.42 Å². The molecule has 9 heteroatoms. The molecule has 0 unspecified atom stereocenters. The molecular formula is C16H20N4O4S. The maximum absolute atomic E-state index is 12.7. The molecule has 2 fully saturated rings. The van der Waals surface area contributed by atoms with Gasteiger partial charge in [0, 0.05) is 25.3 Å². The Morgan fingerprint density at radius 3 is 2.76 bits per heavy atom. The first-order chi connectivity index (χ1) is 11.9. The summed E-state index contributed by atoms with van der Waals surface area (Å²) < 4.78 is 30.1. The minimum Gasteiger partial charge on any atom is -0.465 e. The van der Waals surface area contributed by atoms with Crippen molar-refractivity contribution in [1.82, 2.24) is 20.0 Å². The van der Waals surface area contributed by atoms with Gasteiger partial charge in [0.1, 0.15) is 17.2 Å². The lowest BCUT2D eigenvalue weighted by atomic mass is 10.0. The van der Waals surface area contributed by atoms with Crippen molar-refractivity contribution in [3.8, 4) is 0 Å². The van der Waals surface area contributed by atoms with Crippen molar-refractivity contribution in [3.63, 3.8) is 0 Å². The summed E-state index contributed by atoms with van der Waals surface area (Å²) in [5, 5.41) is 6.48. The first kappa shape index (κ1) is 16.3. The number of furan rings is 1. The van der Waals surface area contributed by atoms with Crippen molar-refractivity contribution in [1.29, 1.82) is 0 Å². The Morgan fingerprint density at radius 1 is 1.28 bits per heavy atom. The van der Waals surface area contributed by atoms with Crippen LogP contribution in [0.1, 0.15) is 22.0 Å². The number of piperazine rings is 1. The molecule has 0 spiro atoms. The number of amides is 1. The Morgan fingerprint density at radius 2 is 2.08 bits per heavy atom. The predicted octanol–water partition coefficient (Wildman–Crippen LogP) is 0.435. The molecular weight excluding hydrogens is 344 g/mol. The number of fused-ring (bicyclic) bond motifs is 1. The van der Waals surface area contributed by atoms with Crippen LogP contribution in [0.4, 0.5) is 0 Å². The third-order valence-corrected chi connectivity index (χ3v) is 6.64. The lowest BCUT2D eigenvalue weighted by Crippen LogP contribution is -2.60. The van der Waals surface area contributed by atoms with Crippen LogP contribution in [-0.4, -0.2) is 71.0 Å². The summed E-state index contributed by atoms with van der Waals surface area (Å²) in [5.41, 5.74) is 0.387. The highest BCUT2D eigenvalue weighted by atomic mass is 32.2. The summed E-state index contributed by atoms with van der Waals surface area (Å²) in [5.74, 6) is 1.53. The van der Waals surface area contributed by atoms with E-state index in [2.05, 4.69) is 15.1 Å². The first-order valence-corrected chi connectivity index (χ1v) is 10.1. The molecule has 1 amide bonds.